The monoisotopic (exact) mass is 439 g/mol. The standard InChI is InChI=1S/C27H29N5O/c1-18-13-22(14-19(2)27(18)33)21-5-8-24-25(15-21)30-26(17-29-24)32-11-9-31(10-12-32)23-6-3-20(16-28)4-7-23/h3-8,13-15,17,33H,9-12,16,28H2,1-2H3. The van der Waals surface area contributed by atoms with Gasteiger partial charge in [0.1, 0.15) is 11.6 Å². The predicted molar refractivity (Wildman–Crippen MR) is 135 cm³/mol. The number of phenolic OH excluding ortho intramolecular Hbond substituents is 1. The third kappa shape index (κ3) is 4.22. The number of aromatic hydroxyl groups is 1. The van der Waals surface area contributed by atoms with Crippen molar-refractivity contribution >= 4 is 22.5 Å². The minimum Gasteiger partial charge on any atom is -0.507 e. The summed E-state index contributed by atoms with van der Waals surface area (Å²) in [4.78, 5) is 14.3. The van der Waals surface area contributed by atoms with Gasteiger partial charge in [0.2, 0.25) is 0 Å². The quantitative estimate of drug-likeness (QED) is 0.491. The second-order valence-electron chi connectivity index (χ2n) is 8.74. The first-order valence-corrected chi connectivity index (χ1v) is 11.4. The first-order valence-electron chi connectivity index (χ1n) is 11.4. The Morgan fingerprint density at radius 2 is 1.48 bits per heavy atom. The van der Waals surface area contributed by atoms with Crippen molar-refractivity contribution in [2.24, 2.45) is 5.73 Å². The van der Waals surface area contributed by atoms with Gasteiger partial charge in [0, 0.05) is 38.4 Å². The van der Waals surface area contributed by atoms with E-state index in [1.54, 1.807) is 0 Å². The number of phenols is 1. The van der Waals surface area contributed by atoms with E-state index < -0.39 is 0 Å². The van der Waals surface area contributed by atoms with E-state index in [1.807, 2.05) is 38.2 Å². The Morgan fingerprint density at radius 3 is 2.15 bits per heavy atom. The summed E-state index contributed by atoms with van der Waals surface area (Å²) in [6.45, 7) is 8.10. The topological polar surface area (TPSA) is 78.5 Å². The molecule has 0 amide bonds. The van der Waals surface area contributed by atoms with Crippen LogP contribution in [0.5, 0.6) is 5.75 Å². The van der Waals surface area contributed by atoms with Crippen molar-refractivity contribution in [3.63, 3.8) is 0 Å². The maximum Gasteiger partial charge on any atom is 0.147 e. The van der Waals surface area contributed by atoms with Gasteiger partial charge in [-0.25, -0.2) is 4.98 Å². The van der Waals surface area contributed by atoms with E-state index >= 15 is 0 Å². The molecule has 2 heterocycles. The molecule has 0 aliphatic carbocycles. The largest absolute Gasteiger partial charge is 0.507 e. The first kappa shape index (κ1) is 21.2. The van der Waals surface area contributed by atoms with E-state index in [0.717, 1.165) is 70.8 Å². The van der Waals surface area contributed by atoms with Gasteiger partial charge in [-0.3, -0.25) is 4.98 Å². The SMILES string of the molecule is Cc1cc(-c2ccc3ncc(N4CCN(c5ccc(CN)cc5)CC4)nc3c2)cc(C)c1O. The van der Waals surface area contributed by atoms with E-state index in [2.05, 4.69) is 51.2 Å². The number of aromatic nitrogens is 2. The number of nitrogens with two attached hydrogens (primary N) is 1. The van der Waals surface area contributed by atoms with Gasteiger partial charge < -0.3 is 20.6 Å². The molecule has 168 valence electrons. The molecule has 1 aromatic heterocycles. The number of piperazine rings is 1. The number of fused-ring (bicyclic) bond motifs is 1. The van der Waals surface area contributed by atoms with Crippen LogP contribution in [0.1, 0.15) is 16.7 Å². The van der Waals surface area contributed by atoms with Crippen molar-refractivity contribution in [1.29, 1.82) is 0 Å². The van der Waals surface area contributed by atoms with Gasteiger partial charge in [-0.15, -0.1) is 0 Å². The zero-order valence-electron chi connectivity index (χ0n) is 19.1. The molecular formula is C27H29N5O. The van der Waals surface area contributed by atoms with Crippen molar-refractivity contribution in [1.82, 2.24) is 9.97 Å². The van der Waals surface area contributed by atoms with Crippen LogP contribution >= 0.6 is 0 Å². The van der Waals surface area contributed by atoms with Crippen LogP contribution in [0.25, 0.3) is 22.2 Å². The smallest absolute Gasteiger partial charge is 0.147 e. The van der Waals surface area contributed by atoms with Crippen LogP contribution in [0.15, 0.2) is 60.8 Å². The molecule has 33 heavy (non-hydrogen) atoms. The Bertz CT molecular complexity index is 1270. The van der Waals surface area contributed by atoms with Gasteiger partial charge in [-0.1, -0.05) is 18.2 Å². The zero-order chi connectivity index (χ0) is 22.9. The fourth-order valence-corrected chi connectivity index (χ4v) is 4.49. The second-order valence-corrected chi connectivity index (χ2v) is 8.74. The highest BCUT2D eigenvalue weighted by Crippen LogP contribution is 2.31. The molecule has 0 saturated carbocycles. The third-order valence-electron chi connectivity index (χ3n) is 6.49. The Balaban J connectivity index is 1.36. The van der Waals surface area contributed by atoms with Crippen molar-refractivity contribution in [2.75, 3.05) is 36.0 Å². The Kier molecular flexibility index (Phi) is 5.60. The minimum atomic E-state index is 0.357. The van der Waals surface area contributed by atoms with Crippen molar-refractivity contribution in [3.8, 4) is 16.9 Å². The Morgan fingerprint density at radius 1 is 0.818 bits per heavy atom. The minimum absolute atomic E-state index is 0.357. The van der Waals surface area contributed by atoms with Crippen LogP contribution in [0.4, 0.5) is 11.5 Å². The first-order chi connectivity index (χ1) is 16.0. The summed E-state index contributed by atoms with van der Waals surface area (Å²) < 4.78 is 0. The third-order valence-corrected chi connectivity index (χ3v) is 6.49. The number of aryl methyl sites for hydroxylation is 2. The average molecular weight is 440 g/mol. The molecule has 1 saturated heterocycles. The van der Waals surface area contributed by atoms with Gasteiger partial charge >= 0.3 is 0 Å². The fourth-order valence-electron chi connectivity index (χ4n) is 4.49. The average Bonchev–Trinajstić information content (AvgIpc) is 2.86. The van der Waals surface area contributed by atoms with Gasteiger partial charge in [0.05, 0.1) is 17.2 Å². The molecule has 1 fully saturated rings. The summed E-state index contributed by atoms with van der Waals surface area (Å²) in [7, 11) is 0. The molecule has 4 aromatic rings. The summed E-state index contributed by atoms with van der Waals surface area (Å²) in [5, 5.41) is 10.1. The molecule has 0 spiro atoms. The van der Waals surface area contributed by atoms with Crippen molar-refractivity contribution < 1.29 is 5.11 Å². The predicted octanol–water partition coefficient (Wildman–Crippen LogP) is 4.40. The number of hydrogen-bond donors (Lipinski definition) is 2. The molecule has 1 aliphatic rings. The van der Waals surface area contributed by atoms with Gasteiger partial charge in [0.15, 0.2) is 0 Å². The van der Waals surface area contributed by atoms with Crippen LogP contribution in [-0.2, 0) is 6.54 Å². The molecule has 3 N–H and O–H groups in total. The number of nitrogens with zero attached hydrogens (tertiary/aromatic N) is 4. The lowest BCUT2D eigenvalue weighted by atomic mass is 9.99. The van der Waals surface area contributed by atoms with Crippen LogP contribution in [0, 0.1) is 13.8 Å². The molecule has 1 aliphatic heterocycles. The molecule has 5 rings (SSSR count). The molecule has 0 unspecified atom stereocenters. The molecule has 6 heteroatoms. The molecule has 6 nitrogen and oxygen atoms in total. The van der Waals surface area contributed by atoms with Gasteiger partial charge in [0.25, 0.3) is 0 Å². The van der Waals surface area contributed by atoms with Gasteiger partial charge in [-0.2, -0.15) is 0 Å². The molecule has 3 aromatic carbocycles. The molecular weight excluding hydrogens is 410 g/mol. The zero-order valence-corrected chi connectivity index (χ0v) is 19.1. The highest BCUT2D eigenvalue weighted by molar-refractivity contribution is 5.82. The highest BCUT2D eigenvalue weighted by Gasteiger charge is 2.19. The second kappa shape index (κ2) is 8.71. The number of hydrogen-bond acceptors (Lipinski definition) is 6. The lowest BCUT2D eigenvalue weighted by Crippen LogP contribution is -2.46. The normalized spacial score (nSPS) is 14.2. The number of benzene rings is 3. The maximum atomic E-state index is 10.1. The molecule has 0 radical (unpaired) electrons. The maximum absolute atomic E-state index is 10.1. The Hall–Kier alpha value is -3.64. The lowest BCUT2D eigenvalue weighted by molar-refractivity contribution is 0.467. The van der Waals surface area contributed by atoms with Crippen LogP contribution in [0.3, 0.4) is 0 Å². The summed E-state index contributed by atoms with van der Waals surface area (Å²) >= 11 is 0. The van der Waals surface area contributed by atoms with E-state index in [1.165, 1.54) is 5.69 Å². The summed E-state index contributed by atoms with van der Waals surface area (Å²) in [6.07, 6.45) is 1.88. The van der Waals surface area contributed by atoms with Crippen molar-refractivity contribution in [3.05, 3.63) is 77.5 Å². The fraction of sp³-hybridized carbons (Fsp3) is 0.259. The van der Waals surface area contributed by atoms with Gasteiger partial charge in [-0.05, 0) is 78.1 Å². The number of anilines is 2. The van der Waals surface area contributed by atoms with E-state index in [-0.39, 0.29) is 0 Å². The summed E-state index contributed by atoms with van der Waals surface area (Å²) in [5.74, 6) is 1.27. The van der Waals surface area contributed by atoms with E-state index in [4.69, 9.17) is 10.7 Å². The highest BCUT2D eigenvalue weighted by atomic mass is 16.3. The van der Waals surface area contributed by atoms with Crippen LogP contribution < -0.4 is 15.5 Å². The van der Waals surface area contributed by atoms with Crippen LogP contribution in [0.2, 0.25) is 0 Å². The van der Waals surface area contributed by atoms with E-state index in [9.17, 15) is 5.11 Å². The molecule has 0 bridgehead atoms. The van der Waals surface area contributed by atoms with Crippen molar-refractivity contribution in [2.45, 2.75) is 20.4 Å². The summed E-state index contributed by atoms with van der Waals surface area (Å²) in [6, 6.07) is 18.7. The Labute approximate surface area is 194 Å². The molecule has 0 atom stereocenters. The lowest BCUT2D eigenvalue weighted by Gasteiger charge is -2.36. The van der Waals surface area contributed by atoms with E-state index in [0.29, 0.717) is 12.3 Å². The summed E-state index contributed by atoms with van der Waals surface area (Å²) in [5.41, 5.74) is 13.8. The number of rotatable bonds is 4. The van der Waals surface area contributed by atoms with Crippen LogP contribution in [-0.4, -0.2) is 41.3 Å².